The summed E-state index contributed by atoms with van der Waals surface area (Å²) in [6.45, 7) is 4.46. The third-order valence-electron chi connectivity index (χ3n) is 4.93. The van der Waals surface area contributed by atoms with Crippen molar-refractivity contribution in [3.05, 3.63) is 29.6 Å². The lowest BCUT2D eigenvalue weighted by Gasteiger charge is -2.37. The standard InChI is InChI=1S/C18H25FN2O2/c1-12-11-21(18(22)14-4-5-14)8-7-16(12)20-10-13-3-6-17(23-2)15(19)9-13/h3,6,9,12,14,16,20H,4-5,7-8,10-11H2,1-2H3/t12-,16+/m0/s1. The van der Waals surface area contributed by atoms with Crippen molar-refractivity contribution < 1.29 is 13.9 Å². The van der Waals surface area contributed by atoms with Crippen LogP contribution in [0.4, 0.5) is 4.39 Å². The van der Waals surface area contributed by atoms with Crippen molar-refractivity contribution in [1.29, 1.82) is 0 Å². The van der Waals surface area contributed by atoms with Gasteiger partial charge in [-0.2, -0.15) is 0 Å². The van der Waals surface area contributed by atoms with Crippen LogP contribution in [-0.2, 0) is 11.3 Å². The SMILES string of the molecule is COc1ccc(CN[C@@H]2CCN(C(=O)C3CC3)C[C@@H]2C)cc1F. The lowest BCUT2D eigenvalue weighted by molar-refractivity contribution is -0.134. The van der Waals surface area contributed by atoms with Crippen LogP contribution in [0.25, 0.3) is 0 Å². The topological polar surface area (TPSA) is 41.6 Å². The zero-order valence-corrected chi connectivity index (χ0v) is 13.8. The highest BCUT2D eigenvalue weighted by molar-refractivity contribution is 5.81. The third-order valence-corrected chi connectivity index (χ3v) is 4.93. The molecule has 1 aliphatic heterocycles. The van der Waals surface area contributed by atoms with Gasteiger partial charge in [0.25, 0.3) is 0 Å². The number of likely N-dealkylation sites (tertiary alicyclic amines) is 1. The predicted octanol–water partition coefficient (Wildman–Crippen LogP) is 2.57. The van der Waals surface area contributed by atoms with Crippen molar-refractivity contribution in [2.24, 2.45) is 11.8 Å². The van der Waals surface area contributed by atoms with E-state index in [1.807, 2.05) is 11.0 Å². The van der Waals surface area contributed by atoms with E-state index in [0.717, 1.165) is 37.9 Å². The first-order valence-electron chi connectivity index (χ1n) is 8.43. The fourth-order valence-electron chi connectivity index (χ4n) is 3.31. The van der Waals surface area contributed by atoms with Crippen LogP contribution in [0, 0.1) is 17.7 Å². The molecule has 2 fully saturated rings. The van der Waals surface area contributed by atoms with E-state index < -0.39 is 0 Å². The average Bonchev–Trinajstić information content (AvgIpc) is 3.38. The highest BCUT2D eigenvalue weighted by Gasteiger charge is 2.36. The minimum Gasteiger partial charge on any atom is -0.494 e. The normalized spacial score (nSPS) is 24.6. The maximum Gasteiger partial charge on any atom is 0.225 e. The van der Waals surface area contributed by atoms with Crippen LogP contribution < -0.4 is 10.1 Å². The Balaban J connectivity index is 1.51. The number of carbonyl (C=O) groups is 1. The summed E-state index contributed by atoms with van der Waals surface area (Å²) in [5, 5.41) is 3.51. The molecule has 0 bridgehead atoms. The lowest BCUT2D eigenvalue weighted by atomic mass is 9.93. The molecule has 0 aromatic heterocycles. The number of halogens is 1. The second kappa shape index (κ2) is 6.87. The van der Waals surface area contributed by atoms with E-state index >= 15 is 0 Å². The molecule has 23 heavy (non-hydrogen) atoms. The summed E-state index contributed by atoms with van der Waals surface area (Å²) >= 11 is 0. The monoisotopic (exact) mass is 320 g/mol. The fourth-order valence-corrected chi connectivity index (χ4v) is 3.31. The molecular formula is C18H25FN2O2. The van der Waals surface area contributed by atoms with Crippen molar-refractivity contribution in [1.82, 2.24) is 10.2 Å². The summed E-state index contributed by atoms with van der Waals surface area (Å²) < 4.78 is 18.7. The Labute approximate surface area is 137 Å². The predicted molar refractivity (Wildman–Crippen MR) is 86.7 cm³/mol. The molecule has 0 unspecified atom stereocenters. The number of hydrogen-bond donors (Lipinski definition) is 1. The van der Waals surface area contributed by atoms with Crippen LogP contribution in [0.15, 0.2) is 18.2 Å². The number of nitrogens with one attached hydrogen (secondary N) is 1. The summed E-state index contributed by atoms with van der Waals surface area (Å²) in [6.07, 6.45) is 3.08. The molecular weight excluding hydrogens is 295 g/mol. The van der Waals surface area contributed by atoms with E-state index in [9.17, 15) is 9.18 Å². The number of ether oxygens (including phenoxy) is 1. The van der Waals surface area contributed by atoms with Crippen LogP contribution in [-0.4, -0.2) is 37.0 Å². The van der Waals surface area contributed by atoms with Gasteiger partial charge in [0.15, 0.2) is 11.6 Å². The van der Waals surface area contributed by atoms with Crippen LogP contribution in [0.2, 0.25) is 0 Å². The van der Waals surface area contributed by atoms with E-state index in [1.165, 1.54) is 13.2 Å². The fraction of sp³-hybridized carbons (Fsp3) is 0.611. The van der Waals surface area contributed by atoms with Gasteiger partial charge < -0.3 is 15.0 Å². The molecule has 1 heterocycles. The van der Waals surface area contributed by atoms with Crippen LogP contribution in [0.3, 0.4) is 0 Å². The molecule has 1 aliphatic carbocycles. The summed E-state index contributed by atoms with van der Waals surface area (Å²) in [5.41, 5.74) is 0.909. The molecule has 126 valence electrons. The molecule has 0 radical (unpaired) electrons. The second-order valence-electron chi connectivity index (χ2n) is 6.78. The average molecular weight is 320 g/mol. The molecule has 4 nitrogen and oxygen atoms in total. The Bertz CT molecular complexity index is 574. The summed E-state index contributed by atoms with van der Waals surface area (Å²) in [7, 11) is 1.47. The van der Waals surface area contributed by atoms with Crippen molar-refractivity contribution in [2.45, 2.75) is 38.8 Å². The van der Waals surface area contributed by atoms with Gasteiger partial charge in [-0.25, -0.2) is 4.39 Å². The smallest absolute Gasteiger partial charge is 0.225 e. The third kappa shape index (κ3) is 3.83. The number of carbonyl (C=O) groups excluding carboxylic acids is 1. The van der Waals surface area contributed by atoms with Gasteiger partial charge in [0.05, 0.1) is 7.11 Å². The van der Waals surface area contributed by atoms with Gasteiger partial charge in [-0.05, 0) is 42.9 Å². The Kier molecular flexibility index (Phi) is 4.85. The highest BCUT2D eigenvalue weighted by atomic mass is 19.1. The molecule has 3 rings (SSSR count). The summed E-state index contributed by atoms with van der Waals surface area (Å²) in [5.74, 6) is 0.995. The van der Waals surface area contributed by atoms with Gasteiger partial charge in [0, 0.05) is 31.6 Å². The molecule has 5 heteroatoms. The summed E-state index contributed by atoms with van der Waals surface area (Å²) in [4.78, 5) is 14.2. The minimum absolute atomic E-state index is 0.272. The van der Waals surface area contributed by atoms with E-state index in [4.69, 9.17) is 4.74 Å². The molecule has 1 N–H and O–H groups in total. The second-order valence-corrected chi connectivity index (χ2v) is 6.78. The Morgan fingerprint density at radius 3 is 2.78 bits per heavy atom. The number of methoxy groups -OCH3 is 1. The van der Waals surface area contributed by atoms with Crippen LogP contribution in [0.5, 0.6) is 5.75 Å². The van der Waals surface area contributed by atoms with E-state index in [2.05, 4.69) is 12.2 Å². The van der Waals surface area contributed by atoms with Crippen LogP contribution in [0.1, 0.15) is 31.7 Å². The number of piperidine rings is 1. The molecule has 2 aliphatic rings. The molecule has 1 saturated heterocycles. The zero-order chi connectivity index (χ0) is 16.4. The first-order valence-corrected chi connectivity index (χ1v) is 8.43. The van der Waals surface area contributed by atoms with E-state index in [1.54, 1.807) is 6.07 Å². The van der Waals surface area contributed by atoms with Crippen LogP contribution >= 0.6 is 0 Å². The first kappa shape index (κ1) is 16.2. The van der Waals surface area contributed by atoms with E-state index in [0.29, 0.717) is 30.3 Å². The molecule has 0 spiro atoms. The quantitative estimate of drug-likeness (QED) is 0.906. The van der Waals surface area contributed by atoms with Gasteiger partial charge in [-0.1, -0.05) is 13.0 Å². The largest absolute Gasteiger partial charge is 0.494 e. The maximum atomic E-state index is 13.7. The Morgan fingerprint density at radius 1 is 1.39 bits per heavy atom. The van der Waals surface area contributed by atoms with Crippen molar-refractivity contribution in [3.63, 3.8) is 0 Å². The number of benzene rings is 1. The number of rotatable bonds is 5. The molecule has 1 aromatic carbocycles. The van der Waals surface area contributed by atoms with Gasteiger partial charge in [0.1, 0.15) is 0 Å². The van der Waals surface area contributed by atoms with Crippen molar-refractivity contribution in [3.8, 4) is 5.75 Å². The number of amides is 1. The minimum atomic E-state index is -0.329. The first-order chi connectivity index (χ1) is 11.1. The molecule has 2 atom stereocenters. The lowest BCUT2D eigenvalue weighted by Crippen LogP contribution is -2.50. The Morgan fingerprint density at radius 2 is 2.17 bits per heavy atom. The summed E-state index contributed by atoms with van der Waals surface area (Å²) in [6, 6.07) is 5.42. The van der Waals surface area contributed by atoms with Gasteiger partial charge in [-0.3, -0.25) is 4.79 Å². The van der Waals surface area contributed by atoms with Gasteiger partial charge in [-0.15, -0.1) is 0 Å². The van der Waals surface area contributed by atoms with Gasteiger partial charge in [0.2, 0.25) is 5.91 Å². The zero-order valence-electron chi connectivity index (χ0n) is 13.8. The molecule has 1 amide bonds. The molecule has 1 saturated carbocycles. The van der Waals surface area contributed by atoms with Crippen molar-refractivity contribution >= 4 is 5.91 Å². The van der Waals surface area contributed by atoms with Crippen molar-refractivity contribution in [2.75, 3.05) is 20.2 Å². The Hall–Kier alpha value is -1.62. The van der Waals surface area contributed by atoms with Gasteiger partial charge >= 0.3 is 0 Å². The number of hydrogen-bond acceptors (Lipinski definition) is 3. The molecule has 1 aromatic rings. The number of nitrogens with zero attached hydrogens (tertiary/aromatic N) is 1. The maximum absolute atomic E-state index is 13.7. The highest BCUT2D eigenvalue weighted by Crippen LogP contribution is 2.32. The van der Waals surface area contributed by atoms with E-state index in [-0.39, 0.29) is 11.6 Å².